The molecular formula is C18H25N3O4. The van der Waals surface area contributed by atoms with E-state index in [0.29, 0.717) is 31.0 Å². The van der Waals surface area contributed by atoms with Gasteiger partial charge in [-0.25, -0.2) is 9.59 Å². The minimum absolute atomic E-state index is 0.270. The maximum atomic E-state index is 12.5. The maximum Gasteiger partial charge on any atom is 0.338 e. The normalized spacial score (nSPS) is 17.0. The number of nitrogens with one attached hydrogen (secondary N) is 3. The SMILES string of the molecule is CCOC(=O)C1=C(CNCCCOC)NC(=O)N[C@@H]1c1ccccc1. The Kier molecular flexibility index (Phi) is 7.43. The molecule has 2 amide bonds. The lowest BCUT2D eigenvalue weighted by Crippen LogP contribution is -2.48. The lowest BCUT2D eigenvalue weighted by molar-refractivity contribution is -0.139. The summed E-state index contributed by atoms with van der Waals surface area (Å²) >= 11 is 0. The Labute approximate surface area is 147 Å². The number of rotatable bonds is 9. The number of methoxy groups -OCH3 is 1. The summed E-state index contributed by atoms with van der Waals surface area (Å²) in [6, 6.07) is 8.50. The van der Waals surface area contributed by atoms with Crippen molar-refractivity contribution in [1.82, 2.24) is 16.0 Å². The highest BCUT2D eigenvalue weighted by Gasteiger charge is 2.33. The molecule has 0 unspecified atom stereocenters. The van der Waals surface area contributed by atoms with Crippen molar-refractivity contribution in [1.29, 1.82) is 0 Å². The molecule has 0 aromatic heterocycles. The van der Waals surface area contributed by atoms with Gasteiger partial charge in [-0.3, -0.25) is 0 Å². The molecule has 0 saturated heterocycles. The van der Waals surface area contributed by atoms with Gasteiger partial charge in [-0.1, -0.05) is 30.3 Å². The molecule has 1 aromatic rings. The Balaban J connectivity index is 2.25. The van der Waals surface area contributed by atoms with Crippen molar-refractivity contribution in [2.45, 2.75) is 19.4 Å². The number of urea groups is 1. The molecule has 1 heterocycles. The number of hydrogen-bond acceptors (Lipinski definition) is 5. The zero-order chi connectivity index (χ0) is 18.1. The molecule has 0 saturated carbocycles. The monoisotopic (exact) mass is 347 g/mol. The van der Waals surface area contributed by atoms with E-state index in [1.165, 1.54) is 0 Å². The van der Waals surface area contributed by atoms with E-state index in [1.807, 2.05) is 30.3 Å². The molecule has 1 aliphatic heterocycles. The molecule has 3 N–H and O–H groups in total. The van der Waals surface area contributed by atoms with Crippen LogP contribution in [0.1, 0.15) is 24.9 Å². The first-order valence-corrected chi connectivity index (χ1v) is 8.39. The number of amides is 2. The summed E-state index contributed by atoms with van der Waals surface area (Å²) in [5.41, 5.74) is 1.79. The van der Waals surface area contributed by atoms with Crippen LogP contribution < -0.4 is 16.0 Å². The fourth-order valence-corrected chi connectivity index (χ4v) is 2.66. The Morgan fingerprint density at radius 3 is 2.72 bits per heavy atom. The molecule has 1 atom stereocenters. The topological polar surface area (TPSA) is 88.7 Å². The van der Waals surface area contributed by atoms with E-state index in [4.69, 9.17) is 9.47 Å². The second-order valence-corrected chi connectivity index (χ2v) is 5.58. The van der Waals surface area contributed by atoms with Crippen LogP contribution in [0.4, 0.5) is 4.79 Å². The van der Waals surface area contributed by atoms with Crippen LogP contribution in [0.2, 0.25) is 0 Å². The molecule has 25 heavy (non-hydrogen) atoms. The summed E-state index contributed by atoms with van der Waals surface area (Å²) < 4.78 is 10.2. The van der Waals surface area contributed by atoms with Crippen molar-refractivity contribution in [3.05, 3.63) is 47.2 Å². The summed E-state index contributed by atoms with van der Waals surface area (Å²) in [5, 5.41) is 8.76. The molecule has 136 valence electrons. The fourth-order valence-electron chi connectivity index (χ4n) is 2.66. The van der Waals surface area contributed by atoms with Crippen molar-refractivity contribution < 1.29 is 19.1 Å². The second kappa shape index (κ2) is 9.80. The van der Waals surface area contributed by atoms with Crippen LogP contribution in [0.25, 0.3) is 0 Å². The highest BCUT2D eigenvalue weighted by Crippen LogP contribution is 2.27. The van der Waals surface area contributed by atoms with Gasteiger partial charge < -0.3 is 25.4 Å². The first-order valence-electron chi connectivity index (χ1n) is 8.39. The maximum absolute atomic E-state index is 12.5. The number of hydrogen-bond donors (Lipinski definition) is 3. The van der Waals surface area contributed by atoms with Gasteiger partial charge >= 0.3 is 12.0 Å². The fraction of sp³-hybridized carbons (Fsp3) is 0.444. The van der Waals surface area contributed by atoms with Crippen LogP contribution in [-0.2, 0) is 14.3 Å². The van der Waals surface area contributed by atoms with E-state index < -0.39 is 12.0 Å². The molecule has 1 aliphatic rings. The van der Waals surface area contributed by atoms with E-state index in [-0.39, 0.29) is 12.6 Å². The third-order valence-electron chi connectivity index (χ3n) is 3.79. The molecule has 1 aromatic carbocycles. The number of esters is 1. The van der Waals surface area contributed by atoms with Crippen LogP contribution in [0.5, 0.6) is 0 Å². The molecule has 0 bridgehead atoms. The standard InChI is InChI=1S/C18H25N3O4/c1-3-25-17(22)15-14(12-19-10-7-11-24-2)20-18(23)21-16(15)13-8-5-4-6-9-13/h4-6,8-9,16,19H,3,7,10-12H2,1-2H3,(H2,20,21,23)/t16-/m1/s1. The Bertz CT molecular complexity index is 616. The summed E-state index contributed by atoms with van der Waals surface area (Å²) in [6.07, 6.45) is 0.840. The van der Waals surface area contributed by atoms with Gasteiger partial charge in [0.15, 0.2) is 0 Å². The van der Waals surface area contributed by atoms with Crippen molar-refractivity contribution in [2.75, 3.05) is 33.4 Å². The largest absolute Gasteiger partial charge is 0.463 e. The summed E-state index contributed by atoms with van der Waals surface area (Å²) in [5.74, 6) is -0.433. The zero-order valence-corrected chi connectivity index (χ0v) is 14.6. The Morgan fingerprint density at radius 2 is 2.04 bits per heavy atom. The van der Waals surface area contributed by atoms with Crippen molar-refractivity contribution in [2.24, 2.45) is 0 Å². The second-order valence-electron chi connectivity index (χ2n) is 5.58. The summed E-state index contributed by atoms with van der Waals surface area (Å²) in [4.78, 5) is 24.6. The average molecular weight is 347 g/mol. The molecule has 0 spiro atoms. The van der Waals surface area contributed by atoms with Gasteiger partial charge in [0.1, 0.15) is 0 Å². The van der Waals surface area contributed by atoms with Gasteiger partial charge in [0.2, 0.25) is 0 Å². The molecule has 7 heteroatoms. The van der Waals surface area contributed by atoms with E-state index in [2.05, 4.69) is 16.0 Å². The quantitative estimate of drug-likeness (QED) is 0.465. The first-order chi connectivity index (χ1) is 12.2. The van der Waals surface area contributed by atoms with Crippen molar-refractivity contribution in [3.8, 4) is 0 Å². The van der Waals surface area contributed by atoms with Gasteiger partial charge in [-0.05, 0) is 25.5 Å². The summed E-state index contributed by atoms with van der Waals surface area (Å²) in [6.45, 7) is 3.76. The number of carbonyl (C=O) groups is 2. The molecule has 2 rings (SSSR count). The summed E-state index contributed by atoms with van der Waals surface area (Å²) in [7, 11) is 1.65. The molecule has 0 radical (unpaired) electrons. The van der Waals surface area contributed by atoms with Gasteiger partial charge in [0.25, 0.3) is 0 Å². The first kappa shape index (κ1) is 19.0. The Morgan fingerprint density at radius 1 is 1.28 bits per heavy atom. The lowest BCUT2D eigenvalue weighted by atomic mass is 9.95. The number of ether oxygens (including phenoxy) is 2. The highest BCUT2D eigenvalue weighted by atomic mass is 16.5. The van der Waals surface area contributed by atoms with Crippen molar-refractivity contribution >= 4 is 12.0 Å². The predicted molar refractivity (Wildman–Crippen MR) is 93.9 cm³/mol. The van der Waals surface area contributed by atoms with Crippen LogP contribution in [-0.4, -0.2) is 45.4 Å². The minimum Gasteiger partial charge on any atom is -0.463 e. The third-order valence-corrected chi connectivity index (χ3v) is 3.79. The average Bonchev–Trinajstić information content (AvgIpc) is 2.62. The van der Waals surface area contributed by atoms with Gasteiger partial charge in [-0.15, -0.1) is 0 Å². The minimum atomic E-state index is -0.537. The predicted octanol–water partition coefficient (Wildman–Crippen LogP) is 1.48. The third kappa shape index (κ3) is 5.30. The molecular weight excluding hydrogens is 322 g/mol. The molecule has 7 nitrogen and oxygen atoms in total. The zero-order valence-electron chi connectivity index (χ0n) is 14.6. The highest BCUT2D eigenvalue weighted by molar-refractivity contribution is 5.95. The molecule has 0 fully saturated rings. The Hall–Kier alpha value is -2.38. The van der Waals surface area contributed by atoms with E-state index in [1.54, 1.807) is 14.0 Å². The smallest absolute Gasteiger partial charge is 0.338 e. The van der Waals surface area contributed by atoms with Crippen LogP contribution in [0.3, 0.4) is 0 Å². The van der Waals surface area contributed by atoms with Gasteiger partial charge in [-0.2, -0.15) is 0 Å². The van der Waals surface area contributed by atoms with E-state index in [9.17, 15) is 9.59 Å². The van der Waals surface area contributed by atoms with E-state index >= 15 is 0 Å². The van der Waals surface area contributed by atoms with Crippen LogP contribution in [0.15, 0.2) is 41.6 Å². The van der Waals surface area contributed by atoms with Crippen molar-refractivity contribution in [3.63, 3.8) is 0 Å². The van der Waals surface area contributed by atoms with Crippen LogP contribution in [0, 0.1) is 0 Å². The lowest BCUT2D eigenvalue weighted by Gasteiger charge is -2.29. The molecule has 0 aliphatic carbocycles. The number of benzene rings is 1. The van der Waals surface area contributed by atoms with Gasteiger partial charge in [0, 0.05) is 26.0 Å². The van der Waals surface area contributed by atoms with Crippen LogP contribution >= 0.6 is 0 Å². The number of carbonyl (C=O) groups excluding carboxylic acids is 2. The van der Waals surface area contributed by atoms with E-state index in [0.717, 1.165) is 12.0 Å². The van der Waals surface area contributed by atoms with Gasteiger partial charge in [0.05, 0.1) is 18.2 Å².